The van der Waals surface area contributed by atoms with Crippen LogP contribution in [-0.2, 0) is 4.74 Å². The Morgan fingerprint density at radius 1 is 1.15 bits per heavy atom. The Hall–Kier alpha value is -0.0800. The zero-order chi connectivity index (χ0) is 8.89. The quantitative estimate of drug-likeness (QED) is 0.617. The van der Waals surface area contributed by atoms with E-state index in [2.05, 4.69) is 0 Å². The molecule has 2 heteroatoms. The molecule has 2 saturated carbocycles. The maximum atomic E-state index is 6.29. The lowest BCUT2D eigenvalue weighted by Crippen LogP contribution is -2.69. The first-order valence-electron chi connectivity index (χ1n) is 5.72. The Kier molecular flexibility index (Phi) is 1.72. The first-order chi connectivity index (χ1) is 6.34. The molecule has 1 spiro atoms. The van der Waals surface area contributed by atoms with Crippen molar-refractivity contribution in [3.05, 3.63) is 0 Å². The van der Waals surface area contributed by atoms with Crippen molar-refractivity contribution in [3.63, 3.8) is 0 Å². The number of fused-ring (bicyclic) bond motifs is 2. The van der Waals surface area contributed by atoms with Gasteiger partial charge in [0, 0.05) is 24.0 Å². The third-order valence-corrected chi connectivity index (χ3v) is 4.59. The number of nitrogens with two attached hydrogens (primary N) is 1. The van der Waals surface area contributed by atoms with E-state index in [0.29, 0.717) is 23.5 Å². The number of hydrogen-bond donors (Lipinski definition) is 1. The molecule has 1 heterocycles. The highest BCUT2D eigenvalue weighted by Crippen LogP contribution is 2.58. The van der Waals surface area contributed by atoms with E-state index in [1.165, 1.54) is 38.5 Å². The molecule has 74 valence electrons. The van der Waals surface area contributed by atoms with Crippen molar-refractivity contribution < 1.29 is 4.74 Å². The van der Waals surface area contributed by atoms with Gasteiger partial charge < -0.3 is 10.5 Å². The van der Waals surface area contributed by atoms with Crippen molar-refractivity contribution in [1.29, 1.82) is 0 Å². The van der Waals surface area contributed by atoms with Gasteiger partial charge in [-0.3, -0.25) is 0 Å². The molecule has 0 aromatic heterocycles. The van der Waals surface area contributed by atoms with E-state index >= 15 is 0 Å². The summed E-state index contributed by atoms with van der Waals surface area (Å²) in [5.74, 6) is 0.701. The second-order valence-electron chi connectivity index (χ2n) is 5.06. The molecule has 2 N–H and O–H groups in total. The zero-order valence-corrected chi connectivity index (χ0v) is 8.17. The van der Waals surface area contributed by atoms with Crippen molar-refractivity contribution in [1.82, 2.24) is 0 Å². The number of ether oxygens (including phenoxy) is 1. The van der Waals surface area contributed by atoms with Gasteiger partial charge in [0.15, 0.2) is 0 Å². The first kappa shape index (κ1) is 8.25. The van der Waals surface area contributed by atoms with Gasteiger partial charge in [-0.2, -0.15) is 0 Å². The highest BCUT2D eigenvalue weighted by molar-refractivity contribution is 5.14. The van der Waals surface area contributed by atoms with E-state index < -0.39 is 0 Å². The monoisotopic (exact) mass is 181 g/mol. The predicted octanol–water partition coefficient (Wildman–Crippen LogP) is 1.68. The van der Waals surface area contributed by atoms with Crippen molar-refractivity contribution >= 4 is 0 Å². The van der Waals surface area contributed by atoms with E-state index in [4.69, 9.17) is 10.5 Å². The van der Waals surface area contributed by atoms with Crippen LogP contribution in [0, 0.1) is 11.3 Å². The normalized spacial score (nSPS) is 47.3. The number of rotatable bonds is 0. The van der Waals surface area contributed by atoms with Gasteiger partial charge >= 0.3 is 0 Å². The highest BCUT2D eigenvalue weighted by Gasteiger charge is 2.61. The topological polar surface area (TPSA) is 35.2 Å². The molecule has 0 bridgehead atoms. The van der Waals surface area contributed by atoms with Crippen LogP contribution in [0.5, 0.6) is 0 Å². The molecule has 0 amide bonds. The van der Waals surface area contributed by atoms with Crippen LogP contribution in [0.15, 0.2) is 0 Å². The summed E-state index contributed by atoms with van der Waals surface area (Å²) >= 11 is 0. The third-order valence-electron chi connectivity index (χ3n) is 4.59. The van der Waals surface area contributed by atoms with E-state index in [1.54, 1.807) is 0 Å². The molecule has 3 atom stereocenters. The van der Waals surface area contributed by atoms with Gasteiger partial charge in [-0.05, 0) is 25.7 Å². The molecule has 3 rings (SSSR count). The fourth-order valence-electron chi connectivity index (χ4n) is 3.91. The van der Waals surface area contributed by atoms with E-state index in [9.17, 15) is 0 Å². The van der Waals surface area contributed by atoms with Gasteiger partial charge in [0.1, 0.15) is 0 Å². The lowest BCUT2D eigenvalue weighted by Gasteiger charge is -2.60. The van der Waals surface area contributed by atoms with Gasteiger partial charge in [0.05, 0.1) is 6.10 Å². The van der Waals surface area contributed by atoms with Crippen LogP contribution in [0.4, 0.5) is 0 Å². The Bertz CT molecular complexity index is 210. The third kappa shape index (κ3) is 0.909. The predicted molar refractivity (Wildman–Crippen MR) is 51.3 cm³/mol. The summed E-state index contributed by atoms with van der Waals surface area (Å²) < 4.78 is 5.91. The molecule has 0 aromatic rings. The van der Waals surface area contributed by atoms with E-state index in [0.717, 1.165) is 6.61 Å². The standard InChI is InChI=1S/C11H19NO/c12-9-8-4-3-7-13-10(8)11(9)5-1-2-6-11/h8-10H,1-7,12H2. The molecule has 1 saturated heterocycles. The minimum Gasteiger partial charge on any atom is -0.377 e. The van der Waals surface area contributed by atoms with Crippen molar-refractivity contribution in [2.75, 3.05) is 6.61 Å². The lowest BCUT2D eigenvalue weighted by molar-refractivity contribution is -0.196. The van der Waals surface area contributed by atoms with Crippen LogP contribution < -0.4 is 5.73 Å². The Balaban J connectivity index is 1.82. The summed E-state index contributed by atoms with van der Waals surface area (Å²) in [4.78, 5) is 0. The average Bonchev–Trinajstić information content (AvgIpc) is 2.68. The molecule has 1 aliphatic heterocycles. The first-order valence-corrected chi connectivity index (χ1v) is 5.72. The summed E-state index contributed by atoms with van der Waals surface area (Å²) in [6, 6.07) is 0.459. The van der Waals surface area contributed by atoms with Crippen molar-refractivity contribution in [2.45, 2.75) is 50.7 Å². The maximum Gasteiger partial charge on any atom is 0.0689 e. The lowest BCUT2D eigenvalue weighted by atomic mass is 9.53. The SMILES string of the molecule is NC1C2CCCOC2C12CCCC2. The number of hydrogen-bond acceptors (Lipinski definition) is 2. The second-order valence-corrected chi connectivity index (χ2v) is 5.06. The molecule has 0 radical (unpaired) electrons. The van der Waals surface area contributed by atoms with Crippen LogP contribution in [-0.4, -0.2) is 18.8 Å². The minimum absolute atomic E-state index is 0.422. The van der Waals surface area contributed by atoms with Crippen molar-refractivity contribution in [3.8, 4) is 0 Å². The molecule has 13 heavy (non-hydrogen) atoms. The molecular formula is C11H19NO. The molecular weight excluding hydrogens is 162 g/mol. The molecule has 3 fully saturated rings. The van der Waals surface area contributed by atoms with Crippen molar-refractivity contribution in [2.24, 2.45) is 17.1 Å². The smallest absolute Gasteiger partial charge is 0.0689 e. The summed E-state index contributed by atoms with van der Waals surface area (Å²) in [6.07, 6.45) is 8.49. The molecule has 0 aromatic carbocycles. The van der Waals surface area contributed by atoms with Crippen LogP contribution in [0.25, 0.3) is 0 Å². The molecule has 3 unspecified atom stereocenters. The molecule has 2 aliphatic carbocycles. The summed E-state index contributed by atoms with van der Waals surface area (Å²) in [5, 5.41) is 0. The Morgan fingerprint density at radius 2 is 1.92 bits per heavy atom. The van der Waals surface area contributed by atoms with Gasteiger partial charge in [0.2, 0.25) is 0 Å². The minimum atomic E-state index is 0.422. The zero-order valence-electron chi connectivity index (χ0n) is 8.17. The second kappa shape index (κ2) is 2.71. The van der Waals surface area contributed by atoms with Crippen LogP contribution in [0.3, 0.4) is 0 Å². The largest absolute Gasteiger partial charge is 0.377 e. The summed E-state index contributed by atoms with van der Waals surface area (Å²) in [6.45, 7) is 0.982. The maximum absolute atomic E-state index is 6.29. The van der Waals surface area contributed by atoms with Gasteiger partial charge in [-0.25, -0.2) is 0 Å². The highest BCUT2D eigenvalue weighted by atomic mass is 16.5. The fraction of sp³-hybridized carbons (Fsp3) is 1.00. The Labute approximate surface area is 79.8 Å². The molecule has 2 nitrogen and oxygen atoms in total. The van der Waals surface area contributed by atoms with Gasteiger partial charge in [-0.1, -0.05) is 12.8 Å². The van der Waals surface area contributed by atoms with Crippen LogP contribution >= 0.6 is 0 Å². The van der Waals surface area contributed by atoms with Gasteiger partial charge in [0.25, 0.3) is 0 Å². The average molecular weight is 181 g/mol. The van der Waals surface area contributed by atoms with E-state index in [1.807, 2.05) is 0 Å². The van der Waals surface area contributed by atoms with Crippen LogP contribution in [0.2, 0.25) is 0 Å². The Morgan fingerprint density at radius 3 is 2.69 bits per heavy atom. The molecule has 3 aliphatic rings. The van der Waals surface area contributed by atoms with Crippen LogP contribution in [0.1, 0.15) is 38.5 Å². The fourth-order valence-corrected chi connectivity index (χ4v) is 3.91. The van der Waals surface area contributed by atoms with Gasteiger partial charge in [-0.15, -0.1) is 0 Å². The summed E-state index contributed by atoms with van der Waals surface area (Å²) in [7, 11) is 0. The summed E-state index contributed by atoms with van der Waals surface area (Å²) in [5.41, 5.74) is 6.72. The van der Waals surface area contributed by atoms with E-state index in [-0.39, 0.29) is 0 Å².